The van der Waals surface area contributed by atoms with Crippen molar-refractivity contribution in [3.63, 3.8) is 0 Å². The fraction of sp³-hybridized carbons (Fsp3) is 0.0909. The molecule has 3 aromatic carbocycles. The third-order valence-electron chi connectivity index (χ3n) is 3.88. The van der Waals surface area contributed by atoms with E-state index in [1.165, 1.54) is 30.1 Å². The molecule has 0 fully saturated rings. The third kappa shape index (κ3) is 7.64. The lowest BCUT2D eigenvalue weighted by Crippen LogP contribution is -2.19. The fourth-order valence-electron chi connectivity index (χ4n) is 2.46. The van der Waals surface area contributed by atoms with Crippen molar-refractivity contribution in [2.75, 3.05) is 5.75 Å². The number of thioether (sulfide) groups is 1. The Bertz CT molecular complexity index is 1070. The molecule has 9 heteroatoms. The minimum Gasteiger partial charge on any atom is -0.487 e. The van der Waals surface area contributed by atoms with Gasteiger partial charge in [0, 0.05) is 9.92 Å². The fourth-order valence-corrected chi connectivity index (χ4v) is 4.73. The van der Waals surface area contributed by atoms with E-state index in [2.05, 4.69) is 42.4 Å². The van der Waals surface area contributed by atoms with Crippen LogP contribution in [0.4, 0.5) is 4.39 Å². The molecule has 0 bridgehead atoms. The summed E-state index contributed by atoms with van der Waals surface area (Å²) in [5.74, 6) is 0.299. The van der Waals surface area contributed by atoms with Gasteiger partial charge in [0.05, 0.1) is 20.9 Å². The molecule has 31 heavy (non-hydrogen) atoms. The number of halogens is 4. The molecule has 0 aliphatic heterocycles. The summed E-state index contributed by atoms with van der Waals surface area (Å²) in [4.78, 5) is 12.9. The van der Waals surface area contributed by atoms with E-state index >= 15 is 0 Å². The number of rotatable bonds is 8. The van der Waals surface area contributed by atoms with Crippen molar-refractivity contribution in [1.82, 2.24) is 5.43 Å². The lowest BCUT2D eigenvalue weighted by molar-refractivity contribution is -0.118. The van der Waals surface area contributed by atoms with Crippen LogP contribution in [0.3, 0.4) is 0 Å². The Kier molecular flexibility index (Phi) is 8.95. The molecular weight excluding hydrogens is 571 g/mol. The number of nitrogens with zero attached hydrogens (tertiary/aromatic N) is 1. The Labute approximate surface area is 205 Å². The first kappa shape index (κ1) is 23.8. The van der Waals surface area contributed by atoms with Gasteiger partial charge in [0.2, 0.25) is 5.91 Å². The van der Waals surface area contributed by atoms with E-state index in [4.69, 9.17) is 16.3 Å². The number of hydrogen-bond donors (Lipinski definition) is 1. The largest absolute Gasteiger partial charge is 0.487 e. The molecule has 0 saturated carbocycles. The van der Waals surface area contributed by atoms with Gasteiger partial charge in [0.1, 0.15) is 18.2 Å². The highest BCUT2D eigenvalue weighted by Crippen LogP contribution is 2.35. The van der Waals surface area contributed by atoms with Gasteiger partial charge >= 0.3 is 0 Å². The molecule has 1 N–H and O–H groups in total. The van der Waals surface area contributed by atoms with E-state index in [0.29, 0.717) is 19.7 Å². The molecule has 3 aromatic rings. The highest BCUT2D eigenvalue weighted by atomic mass is 79.9. The second-order valence-electron chi connectivity index (χ2n) is 6.27. The first-order valence-electron chi connectivity index (χ1n) is 8.97. The molecule has 0 atom stereocenters. The molecule has 0 heterocycles. The van der Waals surface area contributed by atoms with Gasteiger partial charge in [-0.3, -0.25) is 4.79 Å². The lowest BCUT2D eigenvalue weighted by atomic mass is 10.2. The van der Waals surface area contributed by atoms with Crippen LogP contribution in [0.15, 0.2) is 79.6 Å². The first-order valence-corrected chi connectivity index (χ1v) is 11.9. The topological polar surface area (TPSA) is 50.7 Å². The van der Waals surface area contributed by atoms with Crippen molar-refractivity contribution in [3.8, 4) is 5.75 Å². The quantitative estimate of drug-likeness (QED) is 0.179. The van der Waals surface area contributed by atoms with Gasteiger partial charge in [-0.25, -0.2) is 9.82 Å². The summed E-state index contributed by atoms with van der Waals surface area (Å²) in [6.07, 6.45) is 1.54. The molecule has 0 unspecified atom stereocenters. The predicted molar refractivity (Wildman–Crippen MR) is 130 cm³/mol. The molecule has 1 amide bonds. The second kappa shape index (κ2) is 11.7. The van der Waals surface area contributed by atoms with Crippen LogP contribution in [0, 0.1) is 5.82 Å². The van der Waals surface area contributed by atoms with Crippen LogP contribution in [-0.4, -0.2) is 17.9 Å². The number of hydrazone groups is 1. The number of benzene rings is 3. The molecule has 160 valence electrons. The lowest BCUT2D eigenvalue weighted by Gasteiger charge is -2.11. The van der Waals surface area contributed by atoms with Crippen LogP contribution < -0.4 is 10.2 Å². The third-order valence-corrected chi connectivity index (χ3v) is 6.32. The summed E-state index contributed by atoms with van der Waals surface area (Å²) >= 11 is 14.2. The average Bonchev–Trinajstić information content (AvgIpc) is 2.73. The van der Waals surface area contributed by atoms with Gasteiger partial charge in [-0.2, -0.15) is 5.10 Å². The zero-order valence-corrected chi connectivity index (χ0v) is 20.7. The van der Waals surface area contributed by atoms with E-state index in [-0.39, 0.29) is 24.1 Å². The Morgan fingerprint density at radius 1 is 1.13 bits per heavy atom. The number of hydrogen-bond acceptors (Lipinski definition) is 4. The molecule has 0 aromatic heterocycles. The van der Waals surface area contributed by atoms with E-state index in [1.807, 2.05) is 24.3 Å². The van der Waals surface area contributed by atoms with Crippen LogP contribution in [0.1, 0.15) is 11.1 Å². The van der Waals surface area contributed by atoms with E-state index in [9.17, 15) is 9.18 Å². The highest BCUT2D eigenvalue weighted by molar-refractivity contribution is 9.11. The van der Waals surface area contributed by atoms with Gasteiger partial charge < -0.3 is 4.74 Å². The number of ether oxygens (including phenoxy) is 1. The zero-order valence-electron chi connectivity index (χ0n) is 15.9. The standard InChI is InChI=1S/C22H16Br2ClFN2O2S/c23-19-9-15(10-20(24)22(19)30-12-14-2-1-3-17(26)8-14)11-27-28-21(29)13-31-18-6-4-16(25)5-7-18/h1-11H,12-13H2,(H,28,29)/b27-11-. The van der Waals surface area contributed by atoms with E-state index in [0.717, 1.165) is 16.0 Å². The van der Waals surface area contributed by atoms with Crippen LogP contribution in [0.5, 0.6) is 5.75 Å². The van der Waals surface area contributed by atoms with E-state index in [1.54, 1.807) is 24.3 Å². The Hall–Kier alpha value is -1.87. The minimum atomic E-state index is -0.306. The summed E-state index contributed by atoms with van der Waals surface area (Å²) in [6.45, 7) is 0.226. The minimum absolute atomic E-state index is 0.218. The van der Waals surface area contributed by atoms with Crippen LogP contribution in [-0.2, 0) is 11.4 Å². The normalized spacial score (nSPS) is 11.0. The molecule has 3 rings (SSSR count). The summed E-state index contributed by atoms with van der Waals surface area (Å²) in [6, 6.07) is 17.1. The van der Waals surface area contributed by atoms with Gasteiger partial charge in [-0.15, -0.1) is 11.8 Å². The molecule has 0 saturated heterocycles. The SMILES string of the molecule is O=C(CSc1ccc(Cl)cc1)N/N=C\c1cc(Br)c(OCc2cccc(F)c2)c(Br)c1. The van der Waals surface area contributed by atoms with Crippen LogP contribution in [0.25, 0.3) is 0 Å². The summed E-state index contributed by atoms with van der Waals surface area (Å²) in [5.41, 5.74) is 3.98. The smallest absolute Gasteiger partial charge is 0.250 e. The zero-order chi connectivity index (χ0) is 22.2. The molecular formula is C22H16Br2ClFN2O2S. The maximum atomic E-state index is 13.3. The van der Waals surface area contributed by atoms with Gasteiger partial charge in [0.15, 0.2) is 0 Å². The first-order chi connectivity index (χ1) is 14.9. The number of carbonyl (C=O) groups excluding carboxylic acids is 1. The predicted octanol–water partition coefficient (Wildman–Crippen LogP) is 6.83. The number of amides is 1. The maximum Gasteiger partial charge on any atom is 0.250 e. The van der Waals surface area contributed by atoms with Crippen LogP contribution >= 0.6 is 55.2 Å². The van der Waals surface area contributed by atoms with Crippen molar-refractivity contribution < 1.29 is 13.9 Å². The molecule has 0 aliphatic rings. The average molecular weight is 587 g/mol. The van der Waals surface area contributed by atoms with E-state index < -0.39 is 0 Å². The van der Waals surface area contributed by atoms with Crippen LogP contribution in [0.2, 0.25) is 5.02 Å². The number of carbonyl (C=O) groups is 1. The summed E-state index contributed by atoms with van der Waals surface area (Å²) < 4.78 is 20.5. The van der Waals surface area contributed by atoms with Crippen molar-refractivity contribution in [2.45, 2.75) is 11.5 Å². The Morgan fingerprint density at radius 3 is 2.52 bits per heavy atom. The molecule has 0 radical (unpaired) electrons. The monoisotopic (exact) mass is 584 g/mol. The highest BCUT2D eigenvalue weighted by Gasteiger charge is 2.09. The van der Waals surface area contributed by atoms with Crippen molar-refractivity contribution >= 4 is 67.3 Å². The Morgan fingerprint density at radius 2 is 1.84 bits per heavy atom. The van der Waals surface area contributed by atoms with Gasteiger partial charge in [-0.1, -0.05) is 23.7 Å². The van der Waals surface area contributed by atoms with Crippen molar-refractivity contribution in [3.05, 3.63) is 91.6 Å². The van der Waals surface area contributed by atoms with Gasteiger partial charge in [0.25, 0.3) is 0 Å². The maximum absolute atomic E-state index is 13.3. The number of nitrogens with one attached hydrogen (secondary N) is 1. The van der Waals surface area contributed by atoms with Crippen molar-refractivity contribution in [1.29, 1.82) is 0 Å². The van der Waals surface area contributed by atoms with Crippen molar-refractivity contribution in [2.24, 2.45) is 5.10 Å². The molecule has 0 spiro atoms. The van der Waals surface area contributed by atoms with Gasteiger partial charge in [-0.05, 0) is 91.5 Å². The summed E-state index contributed by atoms with van der Waals surface area (Å²) in [7, 11) is 0. The second-order valence-corrected chi connectivity index (χ2v) is 9.46. The Balaban J connectivity index is 1.53. The molecule has 0 aliphatic carbocycles. The summed E-state index contributed by atoms with van der Waals surface area (Å²) in [5, 5.41) is 4.65. The molecule has 4 nitrogen and oxygen atoms in total.